The zero-order valence-electron chi connectivity index (χ0n) is 24.2. The molecule has 1 aliphatic heterocycles. The third-order valence-electron chi connectivity index (χ3n) is 7.69. The second kappa shape index (κ2) is 16.5. The van der Waals surface area contributed by atoms with Crippen molar-refractivity contribution in [3.05, 3.63) is 84.2 Å². The molecule has 0 radical (unpaired) electrons. The molecule has 4 rings (SSSR count). The molecule has 1 fully saturated rings. The molecule has 3 aromatic carbocycles. The lowest BCUT2D eigenvalue weighted by atomic mass is 10.0. The first-order chi connectivity index (χ1) is 20.5. The number of hydrogen-bond acceptors (Lipinski definition) is 5. The van der Waals surface area contributed by atoms with Gasteiger partial charge in [0.15, 0.2) is 0 Å². The van der Waals surface area contributed by atoms with Gasteiger partial charge in [-0.2, -0.15) is 0 Å². The van der Waals surface area contributed by atoms with Crippen molar-refractivity contribution in [3.63, 3.8) is 0 Å². The van der Waals surface area contributed by atoms with Gasteiger partial charge < -0.3 is 20.1 Å². The SMILES string of the molecule is O=C(Nc1ccccc1-c1ccccc1)OC1CCN(CCCCCCCCCNC(=O)c2ccc(O)cc2F)CC1. The molecule has 1 heterocycles. The Morgan fingerprint density at radius 2 is 1.52 bits per heavy atom. The van der Waals surface area contributed by atoms with E-state index in [4.69, 9.17) is 4.74 Å². The number of rotatable bonds is 14. The molecule has 8 heteroatoms. The van der Waals surface area contributed by atoms with Crippen molar-refractivity contribution in [2.45, 2.75) is 63.9 Å². The lowest BCUT2D eigenvalue weighted by Crippen LogP contribution is -2.38. The Kier molecular flexibility index (Phi) is 12.2. The van der Waals surface area contributed by atoms with Crippen LogP contribution in [0.25, 0.3) is 11.1 Å². The van der Waals surface area contributed by atoms with Crippen LogP contribution < -0.4 is 10.6 Å². The van der Waals surface area contributed by atoms with E-state index in [0.717, 1.165) is 81.0 Å². The third-order valence-corrected chi connectivity index (χ3v) is 7.69. The highest BCUT2D eigenvalue weighted by atomic mass is 19.1. The molecule has 1 saturated heterocycles. The summed E-state index contributed by atoms with van der Waals surface area (Å²) in [5, 5.41) is 14.9. The van der Waals surface area contributed by atoms with Crippen molar-refractivity contribution in [3.8, 4) is 16.9 Å². The number of para-hydroxylation sites is 1. The minimum absolute atomic E-state index is 0.0456. The Bertz CT molecular complexity index is 1280. The molecule has 0 spiro atoms. The van der Waals surface area contributed by atoms with E-state index >= 15 is 0 Å². The van der Waals surface area contributed by atoms with Crippen molar-refractivity contribution in [2.75, 3.05) is 31.5 Å². The molecular weight excluding hydrogens is 533 g/mol. The number of nitrogens with one attached hydrogen (secondary N) is 2. The topological polar surface area (TPSA) is 90.9 Å². The molecule has 224 valence electrons. The number of ether oxygens (including phenoxy) is 1. The normalized spacial score (nSPS) is 13.9. The lowest BCUT2D eigenvalue weighted by molar-refractivity contribution is 0.0584. The summed E-state index contributed by atoms with van der Waals surface area (Å²) in [6.07, 6.45) is 8.95. The standard InChI is InChI=1S/C34H42FN3O4/c35-31-25-27(39)17-18-30(31)33(40)36-21-11-4-2-1-3-5-12-22-38-23-19-28(20-24-38)42-34(41)37-32-16-10-9-15-29(32)26-13-7-6-8-14-26/h6-10,13-18,25,28,39H,1-5,11-12,19-24H2,(H,36,40)(H,37,41). The van der Waals surface area contributed by atoms with Crippen LogP contribution in [0, 0.1) is 5.82 Å². The monoisotopic (exact) mass is 575 g/mol. The van der Waals surface area contributed by atoms with Crippen LogP contribution in [0.2, 0.25) is 0 Å². The van der Waals surface area contributed by atoms with E-state index in [1.165, 1.54) is 31.4 Å². The molecule has 0 bridgehead atoms. The average Bonchev–Trinajstić information content (AvgIpc) is 2.99. The molecule has 3 aromatic rings. The van der Waals surface area contributed by atoms with Crippen LogP contribution in [0.4, 0.5) is 14.9 Å². The van der Waals surface area contributed by atoms with Gasteiger partial charge in [-0.15, -0.1) is 0 Å². The number of amides is 2. The zero-order valence-corrected chi connectivity index (χ0v) is 24.2. The summed E-state index contributed by atoms with van der Waals surface area (Å²) < 4.78 is 19.5. The van der Waals surface area contributed by atoms with Gasteiger partial charge in [-0.05, 0) is 56.0 Å². The molecule has 3 N–H and O–H groups in total. The fourth-order valence-corrected chi connectivity index (χ4v) is 5.33. The number of phenols is 1. The molecule has 0 unspecified atom stereocenters. The Balaban J connectivity index is 1.01. The van der Waals surface area contributed by atoms with E-state index in [2.05, 4.69) is 15.5 Å². The summed E-state index contributed by atoms with van der Waals surface area (Å²) in [6.45, 7) is 3.47. The summed E-state index contributed by atoms with van der Waals surface area (Å²) >= 11 is 0. The highest BCUT2D eigenvalue weighted by molar-refractivity contribution is 5.94. The Morgan fingerprint density at radius 3 is 2.26 bits per heavy atom. The van der Waals surface area contributed by atoms with Gasteiger partial charge in [-0.1, -0.05) is 80.6 Å². The fraction of sp³-hybridized carbons (Fsp3) is 0.412. The lowest BCUT2D eigenvalue weighted by Gasteiger charge is -2.31. The summed E-state index contributed by atoms with van der Waals surface area (Å²) in [4.78, 5) is 27.1. The summed E-state index contributed by atoms with van der Waals surface area (Å²) in [5.41, 5.74) is 2.72. The first-order valence-corrected chi connectivity index (χ1v) is 15.1. The number of nitrogens with zero attached hydrogens (tertiary/aromatic N) is 1. The van der Waals surface area contributed by atoms with Crippen molar-refractivity contribution >= 4 is 17.7 Å². The van der Waals surface area contributed by atoms with Crippen LogP contribution in [-0.2, 0) is 4.74 Å². The van der Waals surface area contributed by atoms with Crippen LogP contribution in [-0.4, -0.2) is 54.3 Å². The number of likely N-dealkylation sites (tertiary alicyclic amines) is 1. The maximum absolute atomic E-state index is 13.7. The van der Waals surface area contributed by atoms with Crippen LogP contribution in [0.5, 0.6) is 5.75 Å². The van der Waals surface area contributed by atoms with E-state index in [0.29, 0.717) is 6.54 Å². The van der Waals surface area contributed by atoms with E-state index in [9.17, 15) is 19.1 Å². The van der Waals surface area contributed by atoms with Crippen LogP contribution in [0.1, 0.15) is 68.1 Å². The number of aromatic hydroxyl groups is 1. The molecule has 1 aliphatic rings. The van der Waals surface area contributed by atoms with E-state index < -0.39 is 17.8 Å². The summed E-state index contributed by atoms with van der Waals surface area (Å²) in [7, 11) is 0. The zero-order chi connectivity index (χ0) is 29.6. The number of phenolic OH excluding ortho intramolecular Hbond substituents is 1. The van der Waals surface area contributed by atoms with Crippen LogP contribution in [0.15, 0.2) is 72.8 Å². The third kappa shape index (κ3) is 9.87. The van der Waals surface area contributed by atoms with Gasteiger partial charge in [0.25, 0.3) is 5.91 Å². The molecule has 2 amide bonds. The molecule has 0 aliphatic carbocycles. The van der Waals surface area contributed by atoms with Crippen molar-refractivity contribution in [1.29, 1.82) is 0 Å². The van der Waals surface area contributed by atoms with Crippen LogP contribution in [0.3, 0.4) is 0 Å². The second-order valence-electron chi connectivity index (χ2n) is 10.9. The highest BCUT2D eigenvalue weighted by Gasteiger charge is 2.22. The van der Waals surface area contributed by atoms with Gasteiger partial charge in [0, 0.05) is 31.3 Å². The first kappa shape index (κ1) is 31.0. The average molecular weight is 576 g/mol. The highest BCUT2D eigenvalue weighted by Crippen LogP contribution is 2.28. The summed E-state index contributed by atoms with van der Waals surface area (Å²) in [5.74, 6) is -1.35. The molecule has 7 nitrogen and oxygen atoms in total. The number of carbonyl (C=O) groups excluding carboxylic acids is 2. The fourth-order valence-electron chi connectivity index (χ4n) is 5.33. The number of piperidine rings is 1. The van der Waals surface area contributed by atoms with E-state index in [1.807, 2.05) is 54.6 Å². The molecule has 0 aromatic heterocycles. The number of hydrogen-bond donors (Lipinski definition) is 3. The van der Waals surface area contributed by atoms with Gasteiger partial charge >= 0.3 is 6.09 Å². The van der Waals surface area contributed by atoms with Gasteiger partial charge in [0.2, 0.25) is 0 Å². The van der Waals surface area contributed by atoms with E-state index in [-0.39, 0.29) is 17.4 Å². The van der Waals surface area contributed by atoms with Crippen molar-refractivity contribution < 1.29 is 23.8 Å². The van der Waals surface area contributed by atoms with Gasteiger partial charge in [0.1, 0.15) is 17.7 Å². The predicted molar refractivity (Wildman–Crippen MR) is 164 cm³/mol. The van der Waals surface area contributed by atoms with Gasteiger partial charge in [0.05, 0.1) is 11.3 Å². The quantitative estimate of drug-likeness (QED) is 0.175. The minimum Gasteiger partial charge on any atom is -0.508 e. The first-order valence-electron chi connectivity index (χ1n) is 15.1. The number of carbonyl (C=O) groups is 2. The maximum atomic E-state index is 13.7. The number of anilines is 1. The molecule has 0 atom stereocenters. The van der Waals surface area contributed by atoms with Crippen molar-refractivity contribution in [2.24, 2.45) is 0 Å². The summed E-state index contributed by atoms with van der Waals surface area (Å²) in [6, 6.07) is 21.3. The Hall–Kier alpha value is -3.91. The van der Waals surface area contributed by atoms with Gasteiger partial charge in [-0.3, -0.25) is 10.1 Å². The predicted octanol–water partition coefficient (Wildman–Crippen LogP) is 7.37. The number of unbranched alkanes of at least 4 members (excludes halogenated alkanes) is 6. The largest absolute Gasteiger partial charge is 0.508 e. The Morgan fingerprint density at radius 1 is 0.857 bits per heavy atom. The number of halogens is 1. The minimum atomic E-state index is -0.714. The molecule has 0 saturated carbocycles. The van der Waals surface area contributed by atoms with Crippen LogP contribution >= 0.6 is 0 Å². The number of benzene rings is 3. The maximum Gasteiger partial charge on any atom is 0.411 e. The smallest absolute Gasteiger partial charge is 0.411 e. The van der Waals surface area contributed by atoms with Gasteiger partial charge in [-0.25, -0.2) is 9.18 Å². The second-order valence-corrected chi connectivity index (χ2v) is 10.9. The molecular formula is C34H42FN3O4. The van der Waals surface area contributed by atoms with E-state index in [1.54, 1.807) is 0 Å². The molecule has 42 heavy (non-hydrogen) atoms. The Labute approximate surface area is 248 Å². The van der Waals surface area contributed by atoms with Crippen molar-refractivity contribution in [1.82, 2.24) is 10.2 Å².